The standard InChI is InChI=1S/C17H22N2/c1-3-17(14-9-8-10-15(18)13-14)19(4-2)16-11-6-5-7-12-16/h5-13,17H,3-4,18H2,1-2H3. The van der Waals surface area contributed by atoms with Crippen molar-refractivity contribution in [2.75, 3.05) is 17.2 Å². The number of hydrogen-bond acceptors (Lipinski definition) is 2. The van der Waals surface area contributed by atoms with Crippen LogP contribution in [0.4, 0.5) is 11.4 Å². The average Bonchev–Trinajstić information content (AvgIpc) is 2.45. The van der Waals surface area contributed by atoms with E-state index < -0.39 is 0 Å². The second-order valence-corrected chi connectivity index (χ2v) is 4.72. The van der Waals surface area contributed by atoms with E-state index in [1.807, 2.05) is 12.1 Å². The number of benzene rings is 2. The molecule has 0 fully saturated rings. The van der Waals surface area contributed by atoms with Gasteiger partial charge in [0.25, 0.3) is 0 Å². The third-order valence-electron chi connectivity index (χ3n) is 3.49. The number of nitrogen functional groups attached to an aromatic ring is 1. The van der Waals surface area contributed by atoms with Crippen molar-refractivity contribution in [1.29, 1.82) is 0 Å². The monoisotopic (exact) mass is 254 g/mol. The Morgan fingerprint density at radius 2 is 1.74 bits per heavy atom. The maximum atomic E-state index is 5.91. The van der Waals surface area contributed by atoms with Gasteiger partial charge in [-0.2, -0.15) is 0 Å². The van der Waals surface area contributed by atoms with Crippen molar-refractivity contribution in [1.82, 2.24) is 0 Å². The number of hydrogen-bond donors (Lipinski definition) is 1. The summed E-state index contributed by atoms with van der Waals surface area (Å²) in [6.07, 6.45) is 1.06. The van der Waals surface area contributed by atoms with Gasteiger partial charge in [-0.15, -0.1) is 0 Å². The van der Waals surface area contributed by atoms with E-state index in [2.05, 4.69) is 61.2 Å². The van der Waals surface area contributed by atoms with Gasteiger partial charge in [0.2, 0.25) is 0 Å². The first-order valence-corrected chi connectivity index (χ1v) is 6.93. The Morgan fingerprint density at radius 3 is 2.32 bits per heavy atom. The highest BCUT2D eigenvalue weighted by molar-refractivity contribution is 5.50. The number of anilines is 2. The molecule has 2 N–H and O–H groups in total. The van der Waals surface area contributed by atoms with Crippen molar-refractivity contribution in [3.63, 3.8) is 0 Å². The zero-order valence-corrected chi connectivity index (χ0v) is 11.7. The largest absolute Gasteiger partial charge is 0.399 e. The molecule has 19 heavy (non-hydrogen) atoms. The van der Waals surface area contributed by atoms with Crippen LogP contribution < -0.4 is 10.6 Å². The van der Waals surface area contributed by atoms with Crippen LogP contribution >= 0.6 is 0 Å². The van der Waals surface area contributed by atoms with Crippen molar-refractivity contribution < 1.29 is 0 Å². The van der Waals surface area contributed by atoms with E-state index in [0.717, 1.165) is 18.7 Å². The average molecular weight is 254 g/mol. The van der Waals surface area contributed by atoms with Gasteiger partial charge in [-0.25, -0.2) is 0 Å². The van der Waals surface area contributed by atoms with Crippen LogP contribution in [0.2, 0.25) is 0 Å². The predicted octanol–water partition coefficient (Wildman–Crippen LogP) is 4.25. The molecule has 0 spiro atoms. The van der Waals surface area contributed by atoms with Gasteiger partial charge in [0, 0.05) is 17.9 Å². The second-order valence-electron chi connectivity index (χ2n) is 4.72. The molecule has 2 nitrogen and oxygen atoms in total. The summed E-state index contributed by atoms with van der Waals surface area (Å²) in [5.41, 5.74) is 9.29. The van der Waals surface area contributed by atoms with E-state index in [0.29, 0.717) is 6.04 Å². The summed E-state index contributed by atoms with van der Waals surface area (Å²) >= 11 is 0. The molecule has 0 aliphatic carbocycles. The van der Waals surface area contributed by atoms with Gasteiger partial charge in [0.1, 0.15) is 0 Å². The Morgan fingerprint density at radius 1 is 1.00 bits per heavy atom. The van der Waals surface area contributed by atoms with Gasteiger partial charge in [-0.05, 0) is 43.2 Å². The zero-order chi connectivity index (χ0) is 13.7. The van der Waals surface area contributed by atoms with Crippen LogP contribution in [0.1, 0.15) is 31.9 Å². The van der Waals surface area contributed by atoms with Gasteiger partial charge in [-0.1, -0.05) is 37.3 Å². The fourth-order valence-electron chi connectivity index (χ4n) is 2.60. The molecule has 2 aromatic carbocycles. The van der Waals surface area contributed by atoms with Gasteiger partial charge in [0.05, 0.1) is 6.04 Å². The summed E-state index contributed by atoms with van der Waals surface area (Å²) in [6, 6.07) is 19.1. The molecule has 1 atom stereocenters. The molecule has 2 rings (SSSR count). The Bertz CT molecular complexity index is 508. The van der Waals surface area contributed by atoms with E-state index >= 15 is 0 Å². The lowest BCUT2D eigenvalue weighted by atomic mass is 10.0. The smallest absolute Gasteiger partial charge is 0.0540 e. The summed E-state index contributed by atoms with van der Waals surface area (Å²) in [7, 11) is 0. The molecule has 0 heterocycles. The van der Waals surface area contributed by atoms with E-state index in [-0.39, 0.29) is 0 Å². The summed E-state index contributed by atoms with van der Waals surface area (Å²) in [6.45, 7) is 5.40. The zero-order valence-electron chi connectivity index (χ0n) is 11.7. The number of nitrogens with two attached hydrogens (primary N) is 1. The van der Waals surface area contributed by atoms with E-state index in [4.69, 9.17) is 5.73 Å². The number of para-hydroxylation sites is 1. The minimum atomic E-state index is 0.371. The van der Waals surface area contributed by atoms with Crippen LogP contribution in [0.15, 0.2) is 54.6 Å². The van der Waals surface area contributed by atoms with Crippen LogP contribution in [0, 0.1) is 0 Å². The lowest BCUT2D eigenvalue weighted by Gasteiger charge is -2.32. The normalized spacial score (nSPS) is 12.1. The van der Waals surface area contributed by atoms with Crippen LogP contribution in [0.5, 0.6) is 0 Å². The van der Waals surface area contributed by atoms with Crippen LogP contribution in [-0.4, -0.2) is 6.54 Å². The molecule has 1 unspecified atom stereocenters. The Kier molecular flexibility index (Phi) is 4.45. The second kappa shape index (κ2) is 6.28. The number of nitrogens with zero attached hydrogens (tertiary/aromatic N) is 1. The Balaban J connectivity index is 2.34. The molecule has 0 radical (unpaired) electrons. The molecule has 0 amide bonds. The van der Waals surface area contributed by atoms with E-state index in [1.165, 1.54) is 11.3 Å². The van der Waals surface area contributed by atoms with Crippen molar-refractivity contribution in [3.8, 4) is 0 Å². The topological polar surface area (TPSA) is 29.3 Å². The van der Waals surface area contributed by atoms with Crippen molar-refractivity contribution >= 4 is 11.4 Å². The lowest BCUT2D eigenvalue weighted by Crippen LogP contribution is -2.28. The van der Waals surface area contributed by atoms with Crippen LogP contribution in [0.25, 0.3) is 0 Å². The highest BCUT2D eigenvalue weighted by Gasteiger charge is 2.17. The number of rotatable bonds is 5. The molecule has 2 aromatic rings. The molecule has 100 valence electrons. The summed E-state index contributed by atoms with van der Waals surface area (Å²) in [5.74, 6) is 0. The highest BCUT2D eigenvalue weighted by Crippen LogP contribution is 2.30. The first-order chi connectivity index (χ1) is 9.26. The van der Waals surface area contributed by atoms with Crippen molar-refractivity contribution in [2.45, 2.75) is 26.3 Å². The molecular weight excluding hydrogens is 232 g/mol. The first kappa shape index (κ1) is 13.5. The summed E-state index contributed by atoms with van der Waals surface area (Å²) in [4.78, 5) is 2.43. The van der Waals surface area contributed by atoms with Crippen molar-refractivity contribution in [2.24, 2.45) is 0 Å². The SMILES string of the molecule is CCC(c1cccc(N)c1)N(CC)c1ccccc1. The van der Waals surface area contributed by atoms with Gasteiger partial charge < -0.3 is 10.6 Å². The van der Waals surface area contributed by atoms with Gasteiger partial charge in [0.15, 0.2) is 0 Å². The van der Waals surface area contributed by atoms with Crippen molar-refractivity contribution in [3.05, 3.63) is 60.2 Å². The third kappa shape index (κ3) is 3.08. The third-order valence-corrected chi connectivity index (χ3v) is 3.49. The van der Waals surface area contributed by atoms with Crippen LogP contribution in [-0.2, 0) is 0 Å². The first-order valence-electron chi connectivity index (χ1n) is 6.93. The minimum absolute atomic E-state index is 0.371. The maximum Gasteiger partial charge on any atom is 0.0540 e. The minimum Gasteiger partial charge on any atom is -0.399 e. The molecule has 0 aliphatic rings. The molecule has 0 aliphatic heterocycles. The van der Waals surface area contributed by atoms with Crippen LogP contribution in [0.3, 0.4) is 0 Å². The summed E-state index contributed by atoms with van der Waals surface area (Å²) in [5, 5.41) is 0. The molecular formula is C17H22N2. The van der Waals surface area contributed by atoms with Gasteiger partial charge >= 0.3 is 0 Å². The quantitative estimate of drug-likeness (QED) is 0.808. The molecule has 0 saturated heterocycles. The van der Waals surface area contributed by atoms with E-state index in [9.17, 15) is 0 Å². The molecule has 0 aromatic heterocycles. The fourth-order valence-corrected chi connectivity index (χ4v) is 2.60. The Labute approximate surface area is 115 Å². The predicted molar refractivity (Wildman–Crippen MR) is 83.3 cm³/mol. The van der Waals surface area contributed by atoms with E-state index in [1.54, 1.807) is 0 Å². The fraction of sp³-hybridized carbons (Fsp3) is 0.294. The maximum absolute atomic E-state index is 5.91. The Hall–Kier alpha value is -1.96. The molecule has 0 saturated carbocycles. The molecule has 0 bridgehead atoms. The highest BCUT2D eigenvalue weighted by atomic mass is 15.2. The van der Waals surface area contributed by atoms with Gasteiger partial charge in [-0.3, -0.25) is 0 Å². The molecule has 2 heteroatoms. The lowest BCUT2D eigenvalue weighted by molar-refractivity contribution is 0.615. The summed E-state index contributed by atoms with van der Waals surface area (Å²) < 4.78 is 0.